The number of para-hydroxylation sites is 2. The number of carbonyl (C=O) groups excluding carboxylic acids is 3. The minimum atomic E-state index is -0.520. The summed E-state index contributed by atoms with van der Waals surface area (Å²) in [6, 6.07) is 22.1. The van der Waals surface area contributed by atoms with Gasteiger partial charge in [0, 0.05) is 11.1 Å². The van der Waals surface area contributed by atoms with Crippen LogP contribution in [0.1, 0.15) is 20.7 Å². The van der Waals surface area contributed by atoms with E-state index in [1.807, 2.05) is 6.07 Å². The Labute approximate surface area is 173 Å². The topological polar surface area (TPSA) is 93.7 Å². The smallest absolute Gasteiger partial charge is 0.343 e. The van der Waals surface area contributed by atoms with Crippen molar-refractivity contribution in [1.82, 2.24) is 0 Å². The SMILES string of the molecule is COC(=O)COc1cccc(C(=O)Nc2ccccc2NC(=O)c2ccccc2)c1. The van der Waals surface area contributed by atoms with E-state index >= 15 is 0 Å². The van der Waals surface area contributed by atoms with Gasteiger partial charge in [-0.1, -0.05) is 36.4 Å². The number of ether oxygens (including phenoxy) is 2. The second-order valence-corrected chi connectivity index (χ2v) is 6.21. The third-order valence-electron chi connectivity index (χ3n) is 4.14. The van der Waals surface area contributed by atoms with Gasteiger partial charge >= 0.3 is 5.97 Å². The summed E-state index contributed by atoms with van der Waals surface area (Å²) in [4.78, 5) is 36.4. The summed E-state index contributed by atoms with van der Waals surface area (Å²) in [5.74, 6) is -0.831. The van der Waals surface area contributed by atoms with Crippen molar-refractivity contribution in [3.8, 4) is 5.75 Å². The molecule has 0 aromatic heterocycles. The number of nitrogens with one attached hydrogen (secondary N) is 2. The maximum atomic E-state index is 12.7. The number of hydrogen-bond acceptors (Lipinski definition) is 5. The monoisotopic (exact) mass is 404 g/mol. The van der Waals surface area contributed by atoms with Gasteiger partial charge in [-0.05, 0) is 42.5 Å². The molecule has 3 aromatic carbocycles. The van der Waals surface area contributed by atoms with Crippen molar-refractivity contribution in [2.45, 2.75) is 0 Å². The summed E-state index contributed by atoms with van der Waals surface area (Å²) >= 11 is 0. The molecule has 0 atom stereocenters. The Bertz CT molecular complexity index is 1050. The van der Waals surface area contributed by atoms with Gasteiger partial charge in [0.05, 0.1) is 18.5 Å². The van der Waals surface area contributed by atoms with Gasteiger partial charge in [-0.2, -0.15) is 0 Å². The molecule has 3 aromatic rings. The Morgan fingerprint density at radius 1 is 0.733 bits per heavy atom. The molecule has 0 saturated carbocycles. The van der Waals surface area contributed by atoms with Gasteiger partial charge in [0.15, 0.2) is 6.61 Å². The average Bonchev–Trinajstić information content (AvgIpc) is 2.79. The number of hydrogen-bond donors (Lipinski definition) is 2. The van der Waals surface area contributed by atoms with Crippen molar-refractivity contribution < 1.29 is 23.9 Å². The number of methoxy groups -OCH3 is 1. The van der Waals surface area contributed by atoms with Gasteiger partial charge < -0.3 is 20.1 Å². The lowest BCUT2D eigenvalue weighted by atomic mass is 10.1. The molecule has 30 heavy (non-hydrogen) atoms. The Morgan fingerprint density at radius 3 is 1.93 bits per heavy atom. The zero-order valence-electron chi connectivity index (χ0n) is 16.3. The summed E-state index contributed by atoms with van der Waals surface area (Å²) in [6.07, 6.45) is 0. The van der Waals surface area contributed by atoms with E-state index in [1.54, 1.807) is 66.7 Å². The molecule has 0 unspecified atom stereocenters. The van der Waals surface area contributed by atoms with E-state index < -0.39 is 5.97 Å². The third-order valence-corrected chi connectivity index (χ3v) is 4.14. The van der Waals surface area contributed by atoms with Crippen molar-refractivity contribution in [2.24, 2.45) is 0 Å². The highest BCUT2D eigenvalue weighted by atomic mass is 16.6. The number of rotatable bonds is 7. The average molecular weight is 404 g/mol. The molecule has 0 bridgehead atoms. The predicted octanol–water partition coefficient (Wildman–Crippen LogP) is 3.74. The van der Waals surface area contributed by atoms with Crippen LogP contribution < -0.4 is 15.4 Å². The van der Waals surface area contributed by atoms with Crippen LogP contribution in [0.5, 0.6) is 5.75 Å². The van der Waals surface area contributed by atoms with Gasteiger partial charge in [-0.25, -0.2) is 4.79 Å². The lowest BCUT2D eigenvalue weighted by Gasteiger charge is -2.13. The van der Waals surface area contributed by atoms with Gasteiger partial charge in [0.25, 0.3) is 11.8 Å². The second-order valence-electron chi connectivity index (χ2n) is 6.21. The predicted molar refractivity (Wildman–Crippen MR) is 113 cm³/mol. The van der Waals surface area contributed by atoms with Gasteiger partial charge in [-0.3, -0.25) is 9.59 Å². The first-order valence-corrected chi connectivity index (χ1v) is 9.13. The minimum Gasteiger partial charge on any atom is -0.482 e. The summed E-state index contributed by atoms with van der Waals surface area (Å²) in [7, 11) is 1.27. The molecule has 0 fully saturated rings. The van der Waals surface area contributed by atoms with Crippen molar-refractivity contribution in [3.05, 3.63) is 90.0 Å². The molecular weight excluding hydrogens is 384 g/mol. The molecule has 7 nitrogen and oxygen atoms in total. The van der Waals surface area contributed by atoms with E-state index in [9.17, 15) is 14.4 Å². The zero-order valence-corrected chi connectivity index (χ0v) is 16.3. The van der Waals surface area contributed by atoms with Crippen molar-refractivity contribution >= 4 is 29.2 Å². The first-order chi connectivity index (χ1) is 14.6. The summed E-state index contributed by atoms with van der Waals surface area (Å²) in [6.45, 7) is -0.254. The van der Waals surface area contributed by atoms with E-state index in [0.29, 0.717) is 28.3 Å². The fourth-order valence-electron chi connectivity index (χ4n) is 2.61. The first kappa shape index (κ1) is 20.6. The third kappa shape index (κ3) is 5.45. The van der Waals surface area contributed by atoms with Crippen LogP contribution in [0.25, 0.3) is 0 Å². The molecule has 2 N–H and O–H groups in total. The summed E-state index contributed by atoms with van der Waals surface area (Å²) < 4.78 is 9.84. The van der Waals surface area contributed by atoms with Crippen molar-refractivity contribution in [2.75, 3.05) is 24.4 Å². The Hall–Kier alpha value is -4.13. The Morgan fingerprint density at radius 2 is 1.30 bits per heavy atom. The molecule has 0 saturated heterocycles. The number of carbonyl (C=O) groups is 3. The number of anilines is 2. The number of benzene rings is 3. The number of esters is 1. The van der Waals surface area contributed by atoms with Crippen LogP contribution in [0.4, 0.5) is 11.4 Å². The van der Waals surface area contributed by atoms with E-state index in [1.165, 1.54) is 13.2 Å². The maximum Gasteiger partial charge on any atom is 0.343 e. The fourth-order valence-corrected chi connectivity index (χ4v) is 2.61. The van der Waals surface area contributed by atoms with Crippen LogP contribution in [0.3, 0.4) is 0 Å². The van der Waals surface area contributed by atoms with E-state index in [-0.39, 0.29) is 18.4 Å². The molecule has 0 aliphatic heterocycles. The normalized spacial score (nSPS) is 10.0. The summed E-state index contributed by atoms with van der Waals surface area (Å²) in [5.41, 5.74) is 1.76. The van der Waals surface area contributed by atoms with Crippen LogP contribution in [-0.2, 0) is 9.53 Å². The molecular formula is C23H20N2O5. The Kier molecular flexibility index (Phi) is 6.78. The molecule has 0 heterocycles. The van der Waals surface area contributed by atoms with E-state index in [2.05, 4.69) is 15.4 Å². The van der Waals surface area contributed by atoms with Crippen molar-refractivity contribution in [1.29, 1.82) is 0 Å². The van der Waals surface area contributed by atoms with Crippen LogP contribution in [0.15, 0.2) is 78.9 Å². The highest BCUT2D eigenvalue weighted by molar-refractivity contribution is 6.10. The highest BCUT2D eigenvalue weighted by Crippen LogP contribution is 2.23. The maximum absolute atomic E-state index is 12.7. The minimum absolute atomic E-state index is 0.254. The van der Waals surface area contributed by atoms with Gasteiger partial charge in [0.1, 0.15) is 5.75 Å². The van der Waals surface area contributed by atoms with Crippen LogP contribution in [0.2, 0.25) is 0 Å². The molecule has 0 aliphatic rings. The second kappa shape index (κ2) is 9.88. The molecule has 0 spiro atoms. The first-order valence-electron chi connectivity index (χ1n) is 9.13. The zero-order chi connectivity index (χ0) is 21.3. The van der Waals surface area contributed by atoms with Gasteiger partial charge in [-0.15, -0.1) is 0 Å². The quantitative estimate of drug-likeness (QED) is 0.585. The van der Waals surface area contributed by atoms with E-state index in [4.69, 9.17) is 4.74 Å². The van der Waals surface area contributed by atoms with Crippen LogP contribution in [-0.4, -0.2) is 31.5 Å². The van der Waals surface area contributed by atoms with Crippen LogP contribution in [0, 0.1) is 0 Å². The van der Waals surface area contributed by atoms with E-state index in [0.717, 1.165) is 0 Å². The highest BCUT2D eigenvalue weighted by Gasteiger charge is 2.13. The largest absolute Gasteiger partial charge is 0.482 e. The molecule has 0 radical (unpaired) electrons. The van der Waals surface area contributed by atoms with Gasteiger partial charge in [0.2, 0.25) is 0 Å². The molecule has 7 heteroatoms. The lowest BCUT2D eigenvalue weighted by Crippen LogP contribution is -2.17. The summed E-state index contributed by atoms with van der Waals surface area (Å²) in [5, 5.41) is 5.59. The van der Waals surface area contributed by atoms with Crippen LogP contribution >= 0.6 is 0 Å². The Balaban J connectivity index is 1.71. The number of amides is 2. The standard InChI is InChI=1S/C23H20N2O5/c1-29-21(26)15-30-18-11-7-10-17(14-18)23(28)25-20-13-6-5-12-19(20)24-22(27)16-8-3-2-4-9-16/h2-14H,15H2,1H3,(H,24,27)(H,25,28). The molecule has 2 amide bonds. The van der Waals surface area contributed by atoms with Crippen molar-refractivity contribution in [3.63, 3.8) is 0 Å². The fraction of sp³-hybridized carbons (Fsp3) is 0.0870. The molecule has 3 rings (SSSR count). The molecule has 152 valence electrons. The molecule has 0 aliphatic carbocycles. The lowest BCUT2D eigenvalue weighted by molar-refractivity contribution is -0.142.